The molecule has 1 aromatic carbocycles. The lowest BCUT2D eigenvalue weighted by molar-refractivity contribution is 0.593. The summed E-state index contributed by atoms with van der Waals surface area (Å²) in [4.78, 5) is 2.02. The standard InChI is InChI=1S/C14H21NO4S2/c1-14(2)9-13(14)15(3)11-7-6-10(20(4,16)17)8-12(11)21(5,18)19/h6-8,13H,9H2,1-5H3. The van der Waals surface area contributed by atoms with Crippen molar-refractivity contribution in [3.8, 4) is 0 Å². The predicted octanol–water partition coefficient (Wildman–Crippen LogP) is 1.73. The molecule has 1 saturated carbocycles. The number of nitrogens with zero attached hydrogens (tertiary/aromatic N) is 1. The van der Waals surface area contributed by atoms with Crippen LogP contribution in [0.5, 0.6) is 0 Å². The van der Waals surface area contributed by atoms with Crippen molar-refractivity contribution in [2.24, 2.45) is 5.41 Å². The molecule has 0 heterocycles. The minimum atomic E-state index is -3.51. The van der Waals surface area contributed by atoms with Gasteiger partial charge in [0.1, 0.15) is 0 Å². The van der Waals surface area contributed by atoms with Gasteiger partial charge < -0.3 is 4.90 Å². The topological polar surface area (TPSA) is 71.5 Å². The maximum Gasteiger partial charge on any atom is 0.177 e. The first kappa shape index (κ1) is 16.3. The van der Waals surface area contributed by atoms with Crippen LogP contribution < -0.4 is 4.90 Å². The van der Waals surface area contributed by atoms with Gasteiger partial charge in [0.05, 0.1) is 15.5 Å². The van der Waals surface area contributed by atoms with Crippen molar-refractivity contribution < 1.29 is 16.8 Å². The van der Waals surface area contributed by atoms with E-state index >= 15 is 0 Å². The molecule has 1 fully saturated rings. The van der Waals surface area contributed by atoms with Crippen LogP contribution in [-0.4, -0.2) is 42.4 Å². The monoisotopic (exact) mass is 331 g/mol. The van der Waals surface area contributed by atoms with Crippen molar-refractivity contribution in [2.45, 2.75) is 36.1 Å². The zero-order valence-corrected chi connectivity index (χ0v) is 14.5. The van der Waals surface area contributed by atoms with Crippen molar-refractivity contribution >= 4 is 25.4 Å². The van der Waals surface area contributed by atoms with E-state index in [-0.39, 0.29) is 21.2 Å². The molecule has 2 rings (SSSR count). The molecule has 1 atom stereocenters. The average molecular weight is 331 g/mol. The van der Waals surface area contributed by atoms with Crippen LogP contribution >= 0.6 is 0 Å². The van der Waals surface area contributed by atoms with Gasteiger partial charge in [0.25, 0.3) is 0 Å². The molecule has 5 nitrogen and oxygen atoms in total. The lowest BCUT2D eigenvalue weighted by Gasteiger charge is -2.24. The molecular formula is C14H21NO4S2. The molecular weight excluding hydrogens is 310 g/mol. The zero-order valence-electron chi connectivity index (χ0n) is 12.9. The Labute approximate surface area is 126 Å². The maximum absolute atomic E-state index is 12.0. The summed E-state index contributed by atoms with van der Waals surface area (Å²) in [5, 5.41) is 0. The van der Waals surface area contributed by atoms with E-state index in [0.717, 1.165) is 18.9 Å². The summed E-state index contributed by atoms with van der Waals surface area (Å²) in [5.74, 6) is 0. The predicted molar refractivity (Wildman–Crippen MR) is 83.3 cm³/mol. The Morgan fingerprint density at radius 2 is 1.62 bits per heavy atom. The summed E-state index contributed by atoms with van der Waals surface area (Å²) in [7, 11) is -5.10. The molecule has 0 radical (unpaired) electrons. The Hall–Kier alpha value is -1.08. The van der Waals surface area contributed by atoms with Gasteiger partial charge in [-0.2, -0.15) is 0 Å². The number of hydrogen-bond acceptors (Lipinski definition) is 5. The smallest absolute Gasteiger partial charge is 0.177 e. The van der Waals surface area contributed by atoms with Gasteiger partial charge in [0.2, 0.25) is 0 Å². The van der Waals surface area contributed by atoms with E-state index < -0.39 is 19.7 Å². The molecule has 0 aromatic heterocycles. The third kappa shape index (κ3) is 3.23. The summed E-state index contributed by atoms with van der Waals surface area (Å²) in [6.45, 7) is 4.25. The largest absolute Gasteiger partial charge is 0.370 e. The van der Waals surface area contributed by atoms with Gasteiger partial charge in [-0.15, -0.1) is 0 Å². The van der Waals surface area contributed by atoms with Crippen LogP contribution in [0.3, 0.4) is 0 Å². The Morgan fingerprint density at radius 1 is 1.10 bits per heavy atom. The molecule has 0 amide bonds. The van der Waals surface area contributed by atoms with Crippen molar-refractivity contribution in [2.75, 3.05) is 24.5 Å². The lowest BCUT2D eigenvalue weighted by Crippen LogP contribution is -2.25. The second kappa shape index (κ2) is 4.71. The molecule has 0 saturated heterocycles. The Balaban J connectivity index is 2.57. The molecule has 0 N–H and O–H groups in total. The third-order valence-corrected chi connectivity index (χ3v) is 6.30. The Bertz CT molecular complexity index is 779. The van der Waals surface area contributed by atoms with Crippen molar-refractivity contribution in [3.05, 3.63) is 18.2 Å². The minimum absolute atomic E-state index is 0.0233. The van der Waals surface area contributed by atoms with Crippen molar-refractivity contribution in [1.82, 2.24) is 0 Å². The van der Waals surface area contributed by atoms with E-state index in [2.05, 4.69) is 13.8 Å². The number of hydrogen-bond donors (Lipinski definition) is 0. The first-order chi connectivity index (χ1) is 9.34. The van der Waals surface area contributed by atoms with Crippen LogP contribution in [0, 0.1) is 5.41 Å². The number of rotatable bonds is 4. The Morgan fingerprint density at radius 3 is 2.00 bits per heavy atom. The SMILES string of the molecule is CN(c1ccc(S(C)(=O)=O)cc1S(C)(=O)=O)C1CC1(C)C. The van der Waals surface area contributed by atoms with Gasteiger partial charge in [-0.25, -0.2) is 16.8 Å². The highest BCUT2D eigenvalue weighted by Crippen LogP contribution is 2.50. The molecule has 7 heteroatoms. The molecule has 0 bridgehead atoms. The third-order valence-electron chi connectivity index (χ3n) is 4.07. The first-order valence-corrected chi connectivity index (χ1v) is 10.4. The van der Waals surface area contributed by atoms with E-state index in [9.17, 15) is 16.8 Å². The van der Waals surface area contributed by atoms with Crippen LogP contribution in [0.1, 0.15) is 20.3 Å². The summed E-state index contributed by atoms with van der Waals surface area (Å²) < 4.78 is 47.3. The average Bonchev–Trinajstić information content (AvgIpc) is 2.94. The highest BCUT2D eigenvalue weighted by Gasteiger charge is 2.49. The van der Waals surface area contributed by atoms with Gasteiger partial charge in [-0.1, -0.05) is 13.8 Å². The number of sulfone groups is 2. The van der Waals surface area contributed by atoms with Crippen LogP contribution in [0.15, 0.2) is 28.0 Å². The summed E-state index contributed by atoms with van der Waals surface area (Å²) in [6, 6.07) is 4.57. The molecule has 1 aliphatic rings. The molecule has 118 valence electrons. The van der Waals surface area contributed by atoms with E-state index in [0.29, 0.717) is 5.69 Å². The van der Waals surface area contributed by atoms with E-state index in [1.807, 2.05) is 11.9 Å². The van der Waals surface area contributed by atoms with Gasteiger partial charge in [0, 0.05) is 25.6 Å². The van der Waals surface area contributed by atoms with Crippen LogP contribution in [0.25, 0.3) is 0 Å². The molecule has 21 heavy (non-hydrogen) atoms. The lowest BCUT2D eigenvalue weighted by atomic mass is 10.1. The fourth-order valence-corrected chi connectivity index (χ4v) is 4.24. The van der Waals surface area contributed by atoms with E-state index in [1.54, 1.807) is 6.07 Å². The molecule has 1 unspecified atom stereocenters. The van der Waals surface area contributed by atoms with Gasteiger partial charge in [-0.3, -0.25) is 0 Å². The highest BCUT2D eigenvalue weighted by atomic mass is 32.2. The molecule has 1 aliphatic carbocycles. The van der Waals surface area contributed by atoms with Gasteiger partial charge in [0.15, 0.2) is 19.7 Å². The molecule has 0 aliphatic heterocycles. The molecule has 1 aromatic rings. The number of anilines is 1. The van der Waals surface area contributed by atoms with Crippen LogP contribution in [-0.2, 0) is 19.7 Å². The van der Waals surface area contributed by atoms with Crippen molar-refractivity contribution in [1.29, 1.82) is 0 Å². The first-order valence-electron chi connectivity index (χ1n) is 6.61. The summed E-state index contributed by atoms with van der Waals surface area (Å²) in [6.07, 6.45) is 3.16. The normalized spacial score (nSPS) is 21.1. The van der Waals surface area contributed by atoms with Gasteiger partial charge in [-0.05, 0) is 30.0 Å². The van der Waals surface area contributed by atoms with E-state index in [1.165, 1.54) is 12.1 Å². The zero-order chi connectivity index (χ0) is 16.2. The fourth-order valence-electron chi connectivity index (χ4n) is 2.58. The summed E-state index contributed by atoms with van der Waals surface area (Å²) >= 11 is 0. The van der Waals surface area contributed by atoms with Crippen molar-refractivity contribution in [3.63, 3.8) is 0 Å². The van der Waals surface area contributed by atoms with Crippen LogP contribution in [0.4, 0.5) is 5.69 Å². The fraction of sp³-hybridized carbons (Fsp3) is 0.571. The maximum atomic E-state index is 12.0. The highest BCUT2D eigenvalue weighted by molar-refractivity contribution is 7.91. The summed E-state index contributed by atoms with van der Waals surface area (Å²) in [5.41, 5.74) is 0.708. The molecule has 0 spiro atoms. The minimum Gasteiger partial charge on any atom is -0.370 e. The Kier molecular flexibility index (Phi) is 3.65. The van der Waals surface area contributed by atoms with Gasteiger partial charge >= 0.3 is 0 Å². The number of benzene rings is 1. The quantitative estimate of drug-likeness (QED) is 0.840. The van der Waals surface area contributed by atoms with E-state index in [4.69, 9.17) is 0 Å². The second-order valence-corrected chi connectivity index (χ2v) is 10.5. The second-order valence-electron chi connectivity index (χ2n) is 6.49. The van der Waals surface area contributed by atoms with Crippen LogP contribution in [0.2, 0.25) is 0 Å².